The van der Waals surface area contributed by atoms with E-state index in [1.54, 1.807) is 0 Å². The molecule has 0 aromatic heterocycles. The maximum atomic E-state index is 13.3. The molecule has 1 atom stereocenters. The van der Waals surface area contributed by atoms with E-state index < -0.39 is 35.1 Å². The molecule has 0 saturated heterocycles. The highest BCUT2D eigenvalue weighted by Gasteiger charge is 2.63. The molecule has 0 bridgehead atoms. The molecule has 0 unspecified atom stereocenters. The number of benzene rings is 1. The number of carbonyl (C=O) groups excluding carboxylic acids is 3. The molecule has 0 amide bonds. The maximum absolute atomic E-state index is 13.3. The van der Waals surface area contributed by atoms with Crippen molar-refractivity contribution in [3.63, 3.8) is 0 Å². The minimum Gasteiger partial charge on any atom is -0.465 e. The first-order chi connectivity index (χ1) is 12.4. The lowest BCUT2D eigenvalue weighted by atomic mass is 9.72. The van der Waals surface area contributed by atoms with E-state index in [1.165, 1.54) is 32.9 Å². The second kappa shape index (κ2) is 9.56. The van der Waals surface area contributed by atoms with Crippen molar-refractivity contribution < 1.29 is 33.0 Å². The van der Waals surface area contributed by atoms with Crippen LogP contribution in [0.3, 0.4) is 0 Å². The highest BCUT2D eigenvalue weighted by atomic mass is 19.1. The van der Waals surface area contributed by atoms with Gasteiger partial charge in [-0.1, -0.05) is 18.1 Å². The predicted molar refractivity (Wildman–Crippen MR) is 90.3 cm³/mol. The molecule has 0 saturated carbocycles. The zero-order valence-corrected chi connectivity index (χ0v) is 14.9. The molecule has 0 aliphatic carbocycles. The summed E-state index contributed by atoms with van der Waals surface area (Å²) in [6.45, 7) is 4.26. The van der Waals surface area contributed by atoms with Crippen LogP contribution in [0.15, 0.2) is 24.3 Å². The Labute approximate surface area is 151 Å². The van der Waals surface area contributed by atoms with E-state index in [0.29, 0.717) is 0 Å². The summed E-state index contributed by atoms with van der Waals surface area (Å²) in [6, 6.07) is 4.77. The molecule has 26 heavy (non-hydrogen) atoms. The smallest absolute Gasteiger partial charge is 0.336 e. The summed E-state index contributed by atoms with van der Waals surface area (Å²) in [5, 5.41) is 0. The second-order valence-electron chi connectivity index (χ2n) is 5.12. The summed E-state index contributed by atoms with van der Waals surface area (Å²) < 4.78 is 28.1. The molecule has 7 heteroatoms. The van der Waals surface area contributed by atoms with Crippen molar-refractivity contribution in [2.45, 2.75) is 26.7 Å². The number of ether oxygens (including phenoxy) is 3. The third-order valence-electron chi connectivity index (χ3n) is 3.60. The fourth-order valence-electron chi connectivity index (χ4n) is 2.46. The van der Waals surface area contributed by atoms with Gasteiger partial charge in [0.25, 0.3) is 5.41 Å². The van der Waals surface area contributed by atoms with E-state index >= 15 is 0 Å². The van der Waals surface area contributed by atoms with Crippen molar-refractivity contribution in [2.75, 3.05) is 19.8 Å². The van der Waals surface area contributed by atoms with E-state index in [9.17, 15) is 18.8 Å². The van der Waals surface area contributed by atoms with Crippen molar-refractivity contribution in [1.29, 1.82) is 0 Å². The highest BCUT2D eigenvalue weighted by molar-refractivity contribution is 6.19. The van der Waals surface area contributed by atoms with Gasteiger partial charge in [0.1, 0.15) is 5.82 Å². The van der Waals surface area contributed by atoms with Crippen molar-refractivity contribution in [3.8, 4) is 12.3 Å². The molecule has 0 fully saturated rings. The van der Waals surface area contributed by atoms with Gasteiger partial charge in [-0.25, -0.2) is 4.39 Å². The molecule has 0 aliphatic rings. The number of halogens is 1. The topological polar surface area (TPSA) is 78.9 Å². The van der Waals surface area contributed by atoms with E-state index in [2.05, 4.69) is 5.92 Å². The summed E-state index contributed by atoms with van der Waals surface area (Å²) in [5.74, 6) is -3.20. The number of terminal acetylenes is 1. The van der Waals surface area contributed by atoms with Crippen LogP contribution in [0.2, 0.25) is 0 Å². The monoisotopic (exact) mass is 364 g/mol. The lowest BCUT2D eigenvalue weighted by molar-refractivity contribution is -0.184. The van der Waals surface area contributed by atoms with Gasteiger partial charge in [0.05, 0.1) is 25.7 Å². The lowest BCUT2D eigenvalue weighted by Crippen LogP contribution is -2.53. The molecule has 0 N–H and O–H groups in total. The quantitative estimate of drug-likeness (QED) is 0.305. The van der Waals surface area contributed by atoms with Gasteiger partial charge >= 0.3 is 17.9 Å². The van der Waals surface area contributed by atoms with Gasteiger partial charge in [0.2, 0.25) is 0 Å². The van der Waals surface area contributed by atoms with Crippen molar-refractivity contribution in [2.24, 2.45) is 5.41 Å². The van der Waals surface area contributed by atoms with Crippen LogP contribution in [0.25, 0.3) is 0 Å². The Morgan fingerprint density at radius 2 is 1.35 bits per heavy atom. The molecule has 0 aliphatic heterocycles. The largest absolute Gasteiger partial charge is 0.465 e. The van der Waals surface area contributed by atoms with Crippen LogP contribution in [0, 0.1) is 23.6 Å². The lowest BCUT2D eigenvalue weighted by Gasteiger charge is -2.31. The van der Waals surface area contributed by atoms with Crippen LogP contribution < -0.4 is 0 Å². The number of rotatable bonds is 8. The van der Waals surface area contributed by atoms with Crippen LogP contribution in [0.4, 0.5) is 4.39 Å². The Balaban J connectivity index is 3.68. The first-order valence-corrected chi connectivity index (χ1v) is 8.13. The summed E-state index contributed by atoms with van der Waals surface area (Å²) in [4.78, 5) is 38.2. The number of esters is 3. The molecule has 6 nitrogen and oxygen atoms in total. The van der Waals surface area contributed by atoms with Gasteiger partial charge in [0.15, 0.2) is 0 Å². The second-order valence-corrected chi connectivity index (χ2v) is 5.12. The van der Waals surface area contributed by atoms with Crippen LogP contribution in [-0.2, 0) is 28.6 Å². The van der Waals surface area contributed by atoms with Crippen LogP contribution in [-0.4, -0.2) is 37.7 Å². The van der Waals surface area contributed by atoms with E-state index in [-0.39, 0.29) is 25.4 Å². The number of carbonyl (C=O) groups is 3. The first-order valence-electron chi connectivity index (χ1n) is 8.13. The Morgan fingerprint density at radius 1 is 0.962 bits per heavy atom. The Morgan fingerprint density at radius 3 is 1.65 bits per heavy atom. The normalized spacial score (nSPS) is 11.8. The molecular formula is C19H21FO6. The maximum Gasteiger partial charge on any atom is 0.336 e. The van der Waals surface area contributed by atoms with Crippen molar-refractivity contribution >= 4 is 17.9 Å². The fourth-order valence-corrected chi connectivity index (χ4v) is 2.46. The molecule has 0 spiro atoms. The molecule has 0 heterocycles. The number of hydrogen-bond acceptors (Lipinski definition) is 6. The average molecular weight is 364 g/mol. The molecule has 1 rings (SSSR count). The third-order valence-corrected chi connectivity index (χ3v) is 3.60. The van der Waals surface area contributed by atoms with Crippen molar-refractivity contribution in [1.82, 2.24) is 0 Å². The Hall–Kier alpha value is -2.88. The Kier molecular flexibility index (Phi) is 7.78. The average Bonchev–Trinajstić information content (AvgIpc) is 2.61. The molecule has 1 aromatic carbocycles. The van der Waals surface area contributed by atoms with Crippen LogP contribution in [0.5, 0.6) is 0 Å². The highest BCUT2D eigenvalue weighted by Crippen LogP contribution is 2.40. The zero-order valence-electron chi connectivity index (χ0n) is 14.9. The fraction of sp³-hybridized carbons (Fsp3) is 0.421. The van der Waals surface area contributed by atoms with E-state index in [1.807, 2.05) is 0 Å². The van der Waals surface area contributed by atoms with Crippen molar-refractivity contribution in [3.05, 3.63) is 35.6 Å². The van der Waals surface area contributed by atoms with Gasteiger partial charge < -0.3 is 14.2 Å². The summed E-state index contributed by atoms with van der Waals surface area (Å²) in [7, 11) is 0. The van der Waals surface area contributed by atoms with Gasteiger partial charge in [0, 0.05) is 0 Å². The van der Waals surface area contributed by atoms with Gasteiger partial charge in [-0.2, -0.15) is 0 Å². The Bertz CT molecular complexity index is 643. The molecular weight excluding hydrogens is 343 g/mol. The molecule has 140 valence electrons. The van der Waals surface area contributed by atoms with Crippen LogP contribution >= 0.6 is 0 Å². The SMILES string of the molecule is C#C[C@H](c1ccc(F)cc1)C(C(=O)OCC)(C(=O)OCC)C(=O)OCC. The first kappa shape index (κ1) is 21.2. The summed E-state index contributed by atoms with van der Waals surface area (Å²) >= 11 is 0. The molecule has 0 radical (unpaired) electrons. The number of hydrogen-bond donors (Lipinski definition) is 0. The summed E-state index contributed by atoms with van der Waals surface area (Å²) in [5.41, 5.74) is -2.35. The van der Waals surface area contributed by atoms with Gasteiger partial charge in [-0.15, -0.1) is 6.42 Å². The van der Waals surface area contributed by atoms with E-state index in [4.69, 9.17) is 20.6 Å². The van der Waals surface area contributed by atoms with E-state index in [0.717, 1.165) is 12.1 Å². The third kappa shape index (κ3) is 4.02. The predicted octanol–water partition coefficient (Wildman–Crippen LogP) is 2.22. The zero-order chi connectivity index (χ0) is 19.7. The summed E-state index contributed by atoms with van der Waals surface area (Å²) in [6.07, 6.45) is 5.56. The minimum absolute atomic E-state index is 0.0971. The minimum atomic E-state index is -2.55. The molecule has 1 aromatic rings. The van der Waals surface area contributed by atoms with Gasteiger partial charge in [-0.05, 0) is 38.5 Å². The van der Waals surface area contributed by atoms with Gasteiger partial charge in [-0.3, -0.25) is 14.4 Å². The van der Waals surface area contributed by atoms with Crippen LogP contribution in [0.1, 0.15) is 32.3 Å². The standard InChI is InChI=1S/C19H21FO6/c1-5-15(13-9-11-14(20)12-10-13)19(16(21)24-6-2,17(22)25-7-3)18(23)26-8-4/h1,9-12,15H,6-8H2,2-4H3/t15-/m1/s1.